The van der Waals surface area contributed by atoms with E-state index in [4.69, 9.17) is 4.74 Å². The van der Waals surface area contributed by atoms with Crippen LogP contribution < -0.4 is 10.2 Å². The van der Waals surface area contributed by atoms with E-state index in [1.54, 1.807) is 24.3 Å². The Hall–Kier alpha value is -1.96. The average molecular weight is 378 g/mol. The number of anilines is 1. The maximum atomic E-state index is 12.4. The SMILES string of the molecule is CCOC(=O)c1c(NC(=O)/C=C/c2cccs2)sc2c1CC[NH+](C)C2. The second kappa shape index (κ2) is 7.95. The summed E-state index contributed by atoms with van der Waals surface area (Å²) in [6.45, 7) is 3.95. The Morgan fingerprint density at radius 3 is 3.00 bits per heavy atom. The first kappa shape index (κ1) is 17.8. The number of rotatable bonds is 5. The number of fused-ring (bicyclic) bond motifs is 1. The molecule has 0 aliphatic carbocycles. The van der Waals surface area contributed by atoms with E-state index in [1.165, 1.54) is 22.3 Å². The number of amides is 1. The van der Waals surface area contributed by atoms with E-state index in [0.29, 0.717) is 17.2 Å². The average Bonchev–Trinajstić information content (AvgIpc) is 3.19. The number of ether oxygens (including phenoxy) is 1. The van der Waals surface area contributed by atoms with Gasteiger partial charge in [-0.25, -0.2) is 4.79 Å². The van der Waals surface area contributed by atoms with Crippen molar-refractivity contribution in [2.75, 3.05) is 25.5 Å². The van der Waals surface area contributed by atoms with Crippen molar-refractivity contribution in [1.29, 1.82) is 0 Å². The van der Waals surface area contributed by atoms with Crippen LogP contribution in [0.2, 0.25) is 0 Å². The smallest absolute Gasteiger partial charge is 0.341 e. The van der Waals surface area contributed by atoms with Gasteiger partial charge in [-0.3, -0.25) is 4.79 Å². The highest BCUT2D eigenvalue weighted by Crippen LogP contribution is 2.35. The molecule has 0 saturated carbocycles. The van der Waals surface area contributed by atoms with Gasteiger partial charge in [0.1, 0.15) is 11.5 Å². The molecule has 1 atom stereocenters. The Morgan fingerprint density at radius 2 is 2.28 bits per heavy atom. The van der Waals surface area contributed by atoms with Crippen molar-refractivity contribution < 1.29 is 19.2 Å². The van der Waals surface area contributed by atoms with Crippen LogP contribution in [-0.4, -0.2) is 32.1 Å². The van der Waals surface area contributed by atoms with Crippen LogP contribution in [0.5, 0.6) is 0 Å². The zero-order valence-corrected chi connectivity index (χ0v) is 15.9. The molecule has 25 heavy (non-hydrogen) atoms. The van der Waals surface area contributed by atoms with Crippen LogP contribution in [-0.2, 0) is 22.5 Å². The van der Waals surface area contributed by atoms with Crippen molar-refractivity contribution >= 4 is 45.6 Å². The first-order valence-electron chi connectivity index (χ1n) is 8.24. The molecule has 2 N–H and O–H groups in total. The Bertz CT molecular complexity index is 794. The molecule has 0 radical (unpaired) electrons. The number of carbonyl (C=O) groups is 2. The summed E-state index contributed by atoms with van der Waals surface area (Å²) in [6, 6.07) is 3.88. The predicted molar refractivity (Wildman–Crippen MR) is 101 cm³/mol. The third kappa shape index (κ3) is 4.18. The van der Waals surface area contributed by atoms with Gasteiger partial charge in [0.25, 0.3) is 0 Å². The van der Waals surface area contributed by atoms with Crippen LogP contribution in [0.3, 0.4) is 0 Å². The lowest BCUT2D eigenvalue weighted by molar-refractivity contribution is -0.895. The number of carbonyl (C=O) groups excluding carboxylic acids is 2. The van der Waals surface area contributed by atoms with Gasteiger partial charge >= 0.3 is 5.97 Å². The van der Waals surface area contributed by atoms with Crippen LogP contribution in [0.25, 0.3) is 6.08 Å². The molecule has 3 rings (SSSR count). The number of quaternary nitrogens is 1. The summed E-state index contributed by atoms with van der Waals surface area (Å²) in [5, 5.41) is 5.43. The number of likely N-dealkylation sites (N-methyl/N-ethyl adjacent to an activating group) is 1. The van der Waals surface area contributed by atoms with E-state index >= 15 is 0 Å². The molecule has 0 bridgehead atoms. The van der Waals surface area contributed by atoms with Gasteiger partial charge in [0.15, 0.2) is 0 Å². The molecule has 2 aromatic heterocycles. The van der Waals surface area contributed by atoms with Crippen molar-refractivity contribution in [1.82, 2.24) is 0 Å². The summed E-state index contributed by atoms with van der Waals surface area (Å²) >= 11 is 3.05. The molecule has 0 fully saturated rings. The maximum absolute atomic E-state index is 12.4. The van der Waals surface area contributed by atoms with Crippen molar-refractivity contribution in [2.24, 2.45) is 0 Å². The standard InChI is InChI=1S/C18H20N2O3S2/c1-3-23-18(22)16-13-8-9-20(2)11-14(13)25-17(16)19-15(21)7-6-12-5-4-10-24-12/h4-7,10H,3,8-9,11H2,1-2H3,(H,19,21)/p+1/b7-6+. The molecule has 132 valence electrons. The molecular weight excluding hydrogens is 356 g/mol. The fourth-order valence-electron chi connectivity index (χ4n) is 2.83. The Kier molecular flexibility index (Phi) is 5.67. The van der Waals surface area contributed by atoms with E-state index in [1.807, 2.05) is 17.5 Å². The monoisotopic (exact) mass is 377 g/mol. The van der Waals surface area contributed by atoms with Crippen LogP contribution >= 0.6 is 22.7 Å². The molecule has 1 unspecified atom stereocenters. The van der Waals surface area contributed by atoms with Gasteiger partial charge in [0, 0.05) is 17.4 Å². The minimum atomic E-state index is -0.350. The fourth-order valence-corrected chi connectivity index (χ4v) is 4.80. The Balaban J connectivity index is 1.84. The molecule has 1 amide bonds. The molecule has 1 aliphatic heterocycles. The van der Waals surface area contributed by atoms with Gasteiger partial charge in [-0.2, -0.15) is 0 Å². The lowest BCUT2D eigenvalue weighted by atomic mass is 10.0. The first-order chi connectivity index (χ1) is 12.1. The van der Waals surface area contributed by atoms with E-state index < -0.39 is 0 Å². The van der Waals surface area contributed by atoms with E-state index in [9.17, 15) is 9.59 Å². The van der Waals surface area contributed by atoms with Crippen molar-refractivity contribution in [3.05, 3.63) is 44.5 Å². The largest absolute Gasteiger partial charge is 0.462 e. The third-order valence-corrected chi connectivity index (χ3v) is 6.00. The summed E-state index contributed by atoms with van der Waals surface area (Å²) < 4.78 is 5.21. The highest BCUT2D eigenvalue weighted by molar-refractivity contribution is 7.17. The molecule has 7 heteroatoms. The highest BCUT2D eigenvalue weighted by atomic mass is 32.1. The highest BCUT2D eigenvalue weighted by Gasteiger charge is 2.29. The van der Waals surface area contributed by atoms with Gasteiger partial charge in [-0.05, 0) is 30.0 Å². The van der Waals surface area contributed by atoms with Gasteiger partial charge < -0.3 is 15.0 Å². The quantitative estimate of drug-likeness (QED) is 0.620. The lowest BCUT2D eigenvalue weighted by Gasteiger charge is -2.19. The molecule has 0 spiro atoms. The summed E-state index contributed by atoms with van der Waals surface area (Å²) in [4.78, 5) is 28.3. The van der Waals surface area contributed by atoms with Gasteiger partial charge in [0.05, 0.1) is 30.6 Å². The summed E-state index contributed by atoms with van der Waals surface area (Å²) in [7, 11) is 2.13. The zero-order valence-electron chi connectivity index (χ0n) is 14.3. The fraction of sp³-hybridized carbons (Fsp3) is 0.333. The van der Waals surface area contributed by atoms with Crippen LogP contribution in [0, 0.1) is 0 Å². The van der Waals surface area contributed by atoms with Crippen molar-refractivity contribution in [2.45, 2.75) is 19.9 Å². The number of esters is 1. The number of hydrogen-bond acceptors (Lipinski definition) is 5. The van der Waals surface area contributed by atoms with Crippen molar-refractivity contribution in [3.63, 3.8) is 0 Å². The topological polar surface area (TPSA) is 59.8 Å². The van der Waals surface area contributed by atoms with Crippen molar-refractivity contribution in [3.8, 4) is 0 Å². The van der Waals surface area contributed by atoms with E-state index in [-0.39, 0.29) is 11.9 Å². The number of thiophene rings is 2. The van der Waals surface area contributed by atoms with E-state index in [0.717, 1.165) is 34.8 Å². The minimum absolute atomic E-state index is 0.238. The second-order valence-electron chi connectivity index (χ2n) is 5.90. The zero-order chi connectivity index (χ0) is 17.8. The number of hydrogen-bond donors (Lipinski definition) is 2. The predicted octanol–water partition coefficient (Wildman–Crippen LogP) is 2.21. The van der Waals surface area contributed by atoms with Gasteiger partial charge in [0.2, 0.25) is 5.91 Å². The lowest BCUT2D eigenvalue weighted by Crippen LogP contribution is -3.08. The summed E-state index contributed by atoms with van der Waals surface area (Å²) in [5.41, 5.74) is 1.57. The van der Waals surface area contributed by atoms with Crippen LogP contribution in [0.1, 0.15) is 32.6 Å². The summed E-state index contributed by atoms with van der Waals surface area (Å²) in [6.07, 6.45) is 4.10. The van der Waals surface area contributed by atoms with Crippen LogP contribution in [0.15, 0.2) is 23.6 Å². The second-order valence-corrected chi connectivity index (χ2v) is 7.98. The molecule has 2 aromatic rings. The molecule has 1 aliphatic rings. The van der Waals surface area contributed by atoms with Crippen LogP contribution in [0.4, 0.5) is 5.00 Å². The molecule has 3 heterocycles. The first-order valence-corrected chi connectivity index (χ1v) is 9.93. The normalized spacial score (nSPS) is 16.6. The Labute approximate surface area is 154 Å². The third-order valence-electron chi connectivity index (χ3n) is 4.01. The maximum Gasteiger partial charge on any atom is 0.341 e. The molecule has 0 aromatic carbocycles. The van der Waals surface area contributed by atoms with Gasteiger partial charge in [-0.15, -0.1) is 22.7 Å². The molecule has 0 saturated heterocycles. The summed E-state index contributed by atoms with van der Waals surface area (Å²) in [5.74, 6) is -0.588. The Morgan fingerprint density at radius 1 is 1.44 bits per heavy atom. The number of nitrogens with one attached hydrogen (secondary N) is 2. The van der Waals surface area contributed by atoms with E-state index in [2.05, 4.69) is 12.4 Å². The molecular formula is C18H21N2O3S2+. The van der Waals surface area contributed by atoms with Gasteiger partial charge in [-0.1, -0.05) is 6.07 Å². The molecule has 5 nitrogen and oxygen atoms in total. The minimum Gasteiger partial charge on any atom is -0.462 e.